The molecule has 2 aliphatic rings. The van der Waals surface area contributed by atoms with Gasteiger partial charge in [0, 0.05) is 45.5 Å². The minimum absolute atomic E-state index is 0.149. The van der Waals surface area contributed by atoms with Gasteiger partial charge in [-0.3, -0.25) is 9.79 Å². The molecule has 1 aromatic carbocycles. The fourth-order valence-electron chi connectivity index (χ4n) is 2.84. The lowest BCUT2D eigenvalue weighted by atomic mass is 10.2. The fraction of sp³-hybridized carbons (Fsp3) is 0.500. The summed E-state index contributed by atoms with van der Waals surface area (Å²) in [7, 11) is 1.99. The number of carbonyl (C=O) groups is 1. The van der Waals surface area contributed by atoms with Crippen LogP contribution in [-0.4, -0.2) is 74.5 Å². The summed E-state index contributed by atoms with van der Waals surface area (Å²) >= 11 is 0. The lowest BCUT2D eigenvalue weighted by molar-refractivity contribution is -0.130. The Morgan fingerprint density at radius 1 is 1.14 bits per heavy atom. The van der Waals surface area contributed by atoms with Crippen molar-refractivity contribution in [1.29, 1.82) is 0 Å². The van der Waals surface area contributed by atoms with Gasteiger partial charge in [-0.05, 0) is 12.1 Å². The first-order valence-electron chi connectivity index (χ1n) is 7.81. The SMILES string of the molecule is CN1CCN=C1NCC(=O)N1CCN(c2ccccc2)CC1. The average molecular weight is 301 g/mol. The van der Waals surface area contributed by atoms with Crippen molar-refractivity contribution in [3.8, 4) is 0 Å². The van der Waals surface area contributed by atoms with Gasteiger partial charge in [-0.2, -0.15) is 0 Å². The molecule has 1 N–H and O–H groups in total. The predicted molar refractivity (Wildman–Crippen MR) is 88.2 cm³/mol. The predicted octanol–water partition coefficient (Wildman–Crippen LogP) is 0.226. The molecule has 0 bridgehead atoms. The Labute approximate surface area is 131 Å². The molecule has 1 aromatic rings. The summed E-state index contributed by atoms with van der Waals surface area (Å²) in [4.78, 5) is 22.9. The molecule has 2 heterocycles. The Hall–Kier alpha value is -2.24. The van der Waals surface area contributed by atoms with Crippen LogP contribution in [0.1, 0.15) is 0 Å². The van der Waals surface area contributed by atoms with E-state index in [4.69, 9.17) is 0 Å². The third-order valence-electron chi connectivity index (χ3n) is 4.21. The molecule has 1 fully saturated rings. The van der Waals surface area contributed by atoms with E-state index < -0.39 is 0 Å². The van der Waals surface area contributed by atoms with Gasteiger partial charge in [0.2, 0.25) is 5.91 Å². The van der Waals surface area contributed by atoms with Crippen molar-refractivity contribution in [1.82, 2.24) is 15.1 Å². The summed E-state index contributed by atoms with van der Waals surface area (Å²) in [5, 5.41) is 3.14. The van der Waals surface area contributed by atoms with Crippen molar-refractivity contribution in [3.05, 3.63) is 30.3 Å². The topological polar surface area (TPSA) is 51.2 Å². The molecule has 6 nitrogen and oxygen atoms in total. The van der Waals surface area contributed by atoms with Crippen molar-refractivity contribution < 1.29 is 4.79 Å². The molecule has 1 amide bonds. The summed E-state index contributed by atoms with van der Waals surface area (Å²) in [6.07, 6.45) is 0. The molecule has 1 saturated heterocycles. The maximum Gasteiger partial charge on any atom is 0.242 e. The van der Waals surface area contributed by atoms with Crippen molar-refractivity contribution in [2.24, 2.45) is 4.99 Å². The van der Waals surface area contributed by atoms with Crippen LogP contribution in [0, 0.1) is 0 Å². The highest BCUT2D eigenvalue weighted by Crippen LogP contribution is 2.15. The number of piperazine rings is 1. The zero-order valence-corrected chi connectivity index (χ0v) is 13.0. The van der Waals surface area contributed by atoms with Crippen molar-refractivity contribution in [3.63, 3.8) is 0 Å². The van der Waals surface area contributed by atoms with Gasteiger partial charge >= 0.3 is 0 Å². The Balaban J connectivity index is 1.46. The van der Waals surface area contributed by atoms with Crippen LogP contribution in [-0.2, 0) is 4.79 Å². The van der Waals surface area contributed by atoms with Gasteiger partial charge in [0.25, 0.3) is 0 Å². The van der Waals surface area contributed by atoms with Gasteiger partial charge in [-0.1, -0.05) is 18.2 Å². The Bertz CT molecular complexity index is 537. The second-order valence-electron chi connectivity index (χ2n) is 5.68. The summed E-state index contributed by atoms with van der Waals surface area (Å²) in [5.41, 5.74) is 1.23. The summed E-state index contributed by atoms with van der Waals surface area (Å²) in [6, 6.07) is 10.4. The summed E-state index contributed by atoms with van der Waals surface area (Å²) in [5.74, 6) is 0.979. The van der Waals surface area contributed by atoms with E-state index in [0.717, 1.165) is 45.2 Å². The number of nitrogens with zero attached hydrogens (tertiary/aromatic N) is 4. The van der Waals surface area contributed by atoms with Gasteiger partial charge in [0.15, 0.2) is 5.96 Å². The largest absolute Gasteiger partial charge is 0.368 e. The number of para-hydroxylation sites is 1. The van der Waals surface area contributed by atoms with Crippen LogP contribution in [0.3, 0.4) is 0 Å². The van der Waals surface area contributed by atoms with Gasteiger partial charge in [-0.15, -0.1) is 0 Å². The van der Waals surface area contributed by atoms with E-state index in [1.54, 1.807) is 0 Å². The first-order valence-corrected chi connectivity index (χ1v) is 7.81. The molecule has 2 aliphatic heterocycles. The van der Waals surface area contributed by atoms with E-state index in [9.17, 15) is 4.79 Å². The maximum atomic E-state index is 12.3. The first-order chi connectivity index (χ1) is 10.7. The van der Waals surface area contributed by atoms with Gasteiger partial charge in [0.05, 0.1) is 13.1 Å². The summed E-state index contributed by atoms with van der Waals surface area (Å²) < 4.78 is 0. The third kappa shape index (κ3) is 3.32. The van der Waals surface area contributed by atoms with E-state index in [1.807, 2.05) is 22.9 Å². The molecule has 0 atom stereocenters. The van der Waals surface area contributed by atoms with Crippen LogP contribution in [0.5, 0.6) is 0 Å². The highest BCUT2D eigenvalue weighted by Gasteiger charge is 2.22. The highest BCUT2D eigenvalue weighted by molar-refractivity contribution is 5.87. The van der Waals surface area contributed by atoms with Crippen LogP contribution in [0.25, 0.3) is 0 Å². The highest BCUT2D eigenvalue weighted by atomic mass is 16.2. The number of benzene rings is 1. The number of nitrogens with one attached hydrogen (secondary N) is 1. The minimum atomic E-state index is 0.149. The number of likely N-dealkylation sites (N-methyl/N-ethyl adjacent to an activating group) is 1. The van der Waals surface area contributed by atoms with Crippen LogP contribution in [0.2, 0.25) is 0 Å². The molecular formula is C16H23N5O. The number of hydrogen-bond acceptors (Lipinski definition) is 5. The van der Waals surface area contributed by atoms with E-state index >= 15 is 0 Å². The van der Waals surface area contributed by atoms with Gasteiger partial charge in [0.1, 0.15) is 0 Å². The lowest BCUT2D eigenvalue weighted by Gasteiger charge is -2.36. The molecule has 118 valence electrons. The third-order valence-corrected chi connectivity index (χ3v) is 4.21. The van der Waals surface area contributed by atoms with E-state index in [0.29, 0.717) is 6.54 Å². The van der Waals surface area contributed by atoms with Crippen LogP contribution in [0.15, 0.2) is 35.3 Å². The molecule has 0 aliphatic carbocycles. The normalized spacial score (nSPS) is 18.4. The van der Waals surface area contributed by atoms with Gasteiger partial charge < -0.3 is 20.0 Å². The monoisotopic (exact) mass is 301 g/mol. The second kappa shape index (κ2) is 6.68. The van der Waals surface area contributed by atoms with Crippen LogP contribution >= 0.6 is 0 Å². The molecule has 0 radical (unpaired) electrons. The quantitative estimate of drug-likeness (QED) is 0.868. The van der Waals surface area contributed by atoms with E-state index in [1.165, 1.54) is 5.69 Å². The number of guanidine groups is 1. The maximum absolute atomic E-state index is 12.3. The van der Waals surface area contributed by atoms with Crippen molar-refractivity contribution in [2.75, 3.05) is 57.8 Å². The van der Waals surface area contributed by atoms with Gasteiger partial charge in [-0.25, -0.2) is 0 Å². The fourth-order valence-corrected chi connectivity index (χ4v) is 2.84. The molecule has 0 aromatic heterocycles. The Morgan fingerprint density at radius 2 is 1.86 bits per heavy atom. The molecule has 0 saturated carbocycles. The summed E-state index contributed by atoms with van der Waals surface area (Å²) in [6.45, 7) is 5.38. The number of carbonyl (C=O) groups excluding carboxylic acids is 1. The molecular weight excluding hydrogens is 278 g/mol. The molecule has 22 heavy (non-hydrogen) atoms. The molecule has 0 unspecified atom stereocenters. The molecule has 6 heteroatoms. The second-order valence-corrected chi connectivity index (χ2v) is 5.68. The molecule has 0 spiro atoms. The number of aliphatic imine (C=N–C) groups is 1. The zero-order valence-electron chi connectivity index (χ0n) is 13.0. The van der Waals surface area contributed by atoms with Crippen molar-refractivity contribution in [2.45, 2.75) is 0 Å². The number of amides is 1. The number of hydrogen-bond donors (Lipinski definition) is 1. The smallest absolute Gasteiger partial charge is 0.242 e. The minimum Gasteiger partial charge on any atom is -0.368 e. The van der Waals surface area contributed by atoms with E-state index in [-0.39, 0.29) is 5.91 Å². The molecule has 3 rings (SSSR count). The zero-order chi connectivity index (χ0) is 15.4. The average Bonchev–Trinajstić information content (AvgIpc) is 2.99. The van der Waals surface area contributed by atoms with Crippen LogP contribution in [0.4, 0.5) is 5.69 Å². The van der Waals surface area contributed by atoms with Crippen molar-refractivity contribution >= 4 is 17.6 Å². The van der Waals surface area contributed by atoms with E-state index in [2.05, 4.69) is 39.5 Å². The number of anilines is 1. The number of rotatable bonds is 3. The lowest BCUT2D eigenvalue weighted by Crippen LogP contribution is -2.52. The van der Waals surface area contributed by atoms with Crippen LogP contribution < -0.4 is 10.2 Å². The Morgan fingerprint density at radius 3 is 2.50 bits per heavy atom. The Kier molecular flexibility index (Phi) is 4.46. The first kappa shape index (κ1) is 14.7. The standard InChI is InChI=1S/C16H23N5O/c1-19-8-7-17-16(19)18-13-15(22)21-11-9-20(10-12-21)14-5-3-2-4-6-14/h2-6H,7-13H2,1H3,(H,17,18).